The van der Waals surface area contributed by atoms with E-state index in [0.29, 0.717) is 0 Å². The Balaban J connectivity index is 2.06. The van der Waals surface area contributed by atoms with Crippen LogP contribution < -0.4 is 0 Å². The van der Waals surface area contributed by atoms with E-state index in [1.54, 1.807) is 22.7 Å². The van der Waals surface area contributed by atoms with E-state index in [1.807, 2.05) is 0 Å². The minimum Gasteiger partial charge on any atom is -0.351 e. The van der Waals surface area contributed by atoms with Crippen molar-refractivity contribution in [3.63, 3.8) is 0 Å². The highest BCUT2D eigenvalue weighted by Gasteiger charge is 2.12. The van der Waals surface area contributed by atoms with E-state index in [9.17, 15) is 0 Å². The van der Waals surface area contributed by atoms with E-state index in [1.165, 1.54) is 21.8 Å². The SMILES string of the molecule is Cc1cc(-c2csc(-c3cccs3)n2)c(C)n1C. The van der Waals surface area contributed by atoms with E-state index in [-0.39, 0.29) is 0 Å². The smallest absolute Gasteiger partial charge is 0.134 e. The van der Waals surface area contributed by atoms with Crippen LogP contribution in [0, 0.1) is 13.8 Å². The predicted octanol–water partition coefficient (Wildman–Crippen LogP) is 4.49. The third kappa shape index (κ3) is 1.82. The van der Waals surface area contributed by atoms with Gasteiger partial charge in [0.1, 0.15) is 5.01 Å². The van der Waals surface area contributed by atoms with Crippen LogP contribution in [0.3, 0.4) is 0 Å². The highest BCUT2D eigenvalue weighted by molar-refractivity contribution is 7.20. The lowest BCUT2D eigenvalue weighted by Crippen LogP contribution is -1.92. The van der Waals surface area contributed by atoms with Gasteiger partial charge in [0.25, 0.3) is 0 Å². The second-order valence-electron chi connectivity index (χ2n) is 4.36. The van der Waals surface area contributed by atoms with Gasteiger partial charge >= 0.3 is 0 Å². The topological polar surface area (TPSA) is 17.8 Å². The van der Waals surface area contributed by atoms with Crippen LogP contribution in [0.5, 0.6) is 0 Å². The normalized spacial score (nSPS) is 11.1. The number of hydrogen-bond acceptors (Lipinski definition) is 3. The molecule has 3 heterocycles. The quantitative estimate of drug-likeness (QED) is 0.673. The molecule has 0 aliphatic rings. The maximum absolute atomic E-state index is 4.75. The summed E-state index contributed by atoms with van der Waals surface area (Å²) in [6, 6.07) is 6.40. The molecule has 0 unspecified atom stereocenters. The van der Waals surface area contributed by atoms with Gasteiger partial charge in [-0.2, -0.15) is 0 Å². The van der Waals surface area contributed by atoms with Gasteiger partial charge in [0.15, 0.2) is 0 Å². The zero-order chi connectivity index (χ0) is 12.7. The molecular formula is C14H14N2S2. The summed E-state index contributed by atoms with van der Waals surface area (Å²) in [5.74, 6) is 0. The van der Waals surface area contributed by atoms with Crippen molar-refractivity contribution in [2.75, 3.05) is 0 Å². The van der Waals surface area contributed by atoms with Crippen LogP contribution in [0.15, 0.2) is 29.0 Å². The Kier molecular flexibility index (Phi) is 2.84. The third-order valence-electron chi connectivity index (χ3n) is 3.29. The summed E-state index contributed by atoms with van der Waals surface area (Å²) in [4.78, 5) is 6.00. The summed E-state index contributed by atoms with van der Waals surface area (Å²) >= 11 is 3.46. The van der Waals surface area contributed by atoms with E-state index in [4.69, 9.17) is 4.98 Å². The van der Waals surface area contributed by atoms with Gasteiger partial charge < -0.3 is 4.57 Å². The van der Waals surface area contributed by atoms with Gasteiger partial charge in [-0.15, -0.1) is 22.7 Å². The number of aromatic nitrogens is 2. The predicted molar refractivity (Wildman–Crippen MR) is 79.3 cm³/mol. The molecule has 0 aliphatic carbocycles. The first kappa shape index (κ1) is 11.7. The lowest BCUT2D eigenvalue weighted by atomic mass is 10.2. The standard InChI is InChI=1S/C14H14N2S2/c1-9-7-11(10(2)16(9)3)12-8-18-14(15-12)13-5-4-6-17-13/h4-8H,1-3H3. The molecule has 0 aromatic carbocycles. The summed E-state index contributed by atoms with van der Waals surface area (Å²) in [6.45, 7) is 4.27. The van der Waals surface area contributed by atoms with E-state index in [0.717, 1.165) is 10.7 Å². The molecule has 0 saturated carbocycles. The largest absolute Gasteiger partial charge is 0.351 e. The summed E-state index contributed by atoms with van der Waals surface area (Å²) in [5, 5.41) is 5.35. The maximum Gasteiger partial charge on any atom is 0.134 e. The number of nitrogens with zero attached hydrogens (tertiary/aromatic N) is 2. The average Bonchev–Trinajstić information content (AvgIpc) is 3.05. The van der Waals surface area contributed by atoms with Crippen molar-refractivity contribution in [1.29, 1.82) is 0 Å². The van der Waals surface area contributed by atoms with E-state index < -0.39 is 0 Å². The van der Waals surface area contributed by atoms with Crippen LogP contribution in [0.2, 0.25) is 0 Å². The first-order chi connectivity index (χ1) is 8.66. The van der Waals surface area contributed by atoms with Crippen molar-refractivity contribution < 1.29 is 0 Å². The van der Waals surface area contributed by atoms with Gasteiger partial charge in [0.05, 0.1) is 10.6 Å². The summed E-state index contributed by atoms with van der Waals surface area (Å²) < 4.78 is 2.21. The molecule has 0 bridgehead atoms. The van der Waals surface area contributed by atoms with Crippen molar-refractivity contribution >= 4 is 22.7 Å². The van der Waals surface area contributed by atoms with Gasteiger partial charge in [0, 0.05) is 29.4 Å². The lowest BCUT2D eigenvalue weighted by molar-refractivity contribution is 0.845. The summed E-state index contributed by atoms with van der Waals surface area (Å²) in [7, 11) is 2.10. The molecule has 0 atom stereocenters. The Morgan fingerprint density at radius 3 is 2.67 bits per heavy atom. The fraction of sp³-hybridized carbons (Fsp3) is 0.214. The van der Waals surface area contributed by atoms with Gasteiger partial charge in [-0.3, -0.25) is 0 Å². The molecule has 0 fully saturated rings. The number of thiophene rings is 1. The van der Waals surface area contributed by atoms with Crippen molar-refractivity contribution in [2.24, 2.45) is 7.05 Å². The zero-order valence-corrected chi connectivity index (χ0v) is 12.2. The van der Waals surface area contributed by atoms with E-state index >= 15 is 0 Å². The fourth-order valence-corrected chi connectivity index (χ4v) is 3.66. The first-order valence-corrected chi connectivity index (χ1v) is 7.55. The molecule has 0 saturated heterocycles. The molecule has 92 valence electrons. The van der Waals surface area contributed by atoms with Crippen molar-refractivity contribution in [3.05, 3.63) is 40.3 Å². The highest BCUT2D eigenvalue weighted by atomic mass is 32.1. The van der Waals surface area contributed by atoms with E-state index in [2.05, 4.69) is 54.4 Å². The van der Waals surface area contributed by atoms with Gasteiger partial charge in [-0.25, -0.2) is 4.98 Å². The number of aryl methyl sites for hydroxylation is 1. The average molecular weight is 274 g/mol. The van der Waals surface area contributed by atoms with Crippen LogP contribution >= 0.6 is 22.7 Å². The molecule has 18 heavy (non-hydrogen) atoms. The maximum atomic E-state index is 4.75. The number of thiazole rings is 1. The first-order valence-electron chi connectivity index (χ1n) is 5.79. The molecule has 0 aliphatic heterocycles. The molecule has 3 aromatic heterocycles. The van der Waals surface area contributed by atoms with Crippen LogP contribution in [0.1, 0.15) is 11.4 Å². The van der Waals surface area contributed by atoms with Crippen molar-refractivity contribution in [1.82, 2.24) is 9.55 Å². The molecule has 2 nitrogen and oxygen atoms in total. The monoisotopic (exact) mass is 274 g/mol. The van der Waals surface area contributed by atoms with Gasteiger partial charge in [0.2, 0.25) is 0 Å². The van der Waals surface area contributed by atoms with Gasteiger partial charge in [-0.1, -0.05) is 6.07 Å². The summed E-state index contributed by atoms with van der Waals surface area (Å²) in [5.41, 5.74) is 4.88. The van der Waals surface area contributed by atoms with Crippen molar-refractivity contribution in [3.8, 4) is 21.1 Å². The third-order valence-corrected chi connectivity index (χ3v) is 5.17. The Bertz CT molecular complexity index is 675. The fourth-order valence-electron chi connectivity index (χ4n) is 2.03. The summed E-state index contributed by atoms with van der Waals surface area (Å²) in [6.07, 6.45) is 0. The Labute approximate surface area is 115 Å². The van der Waals surface area contributed by atoms with Crippen LogP contribution in [-0.2, 0) is 7.05 Å². The second-order valence-corrected chi connectivity index (χ2v) is 6.16. The molecule has 0 amide bonds. The second kappa shape index (κ2) is 4.37. The minimum absolute atomic E-state index is 1.09. The number of hydrogen-bond donors (Lipinski definition) is 0. The Morgan fingerprint density at radius 2 is 2.06 bits per heavy atom. The lowest BCUT2D eigenvalue weighted by Gasteiger charge is -1.99. The molecule has 0 N–H and O–H groups in total. The molecule has 0 radical (unpaired) electrons. The van der Waals surface area contributed by atoms with Crippen LogP contribution in [0.25, 0.3) is 21.1 Å². The molecular weight excluding hydrogens is 260 g/mol. The molecule has 3 rings (SSSR count). The Hall–Kier alpha value is -1.39. The van der Waals surface area contributed by atoms with Crippen LogP contribution in [0.4, 0.5) is 0 Å². The number of rotatable bonds is 2. The van der Waals surface area contributed by atoms with Crippen molar-refractivity contribution in [2.45, 2.75) is 13.8 Å². The molecule has 0 spiro atoms. The zero-order valence-electron chi connectivity index (χ0n) is 10.6. The highest BCUT2D eigenvalue weighted by Crippen LogP contribution is 2.33. The molecule has 3 aromatic rings. The van der Waals surface area contributed by atoms with Crippen LogP contribution in [-0.4, -0.2) is 9.55 Å². The molecule has 4 heteroatoms. The minimum atomic E-state index is 1.09. The van der Waals surface area contributed by atoms with Gasteiger partial charge in [-0.05, 0) is 31.4 Å². The Morgan fingerprint density at radius 1 is 1.22 bits per heavy atom.